The van der Waals surface area contributed by atoms with Crippen LogP contribution in [-0.2, 0) is 9.42 Å². The van der Waals surface area contributed by atoms with E-state index in [1.165, 1.54) is 16.4 Å². The predicted octanol–water partition coefficient (Wildman–Crippen LogP) is 5.28. The van der Waals surface area contributed by atoms with Crippen molar-refractivity contribution >= 4 is 63.6 Å². The number of carbonyl (C=O) groups excluding carboxylic acids is 1. The number of aromatic nitrogens is 5. The first kappa shape index (κ1) is 25.8. The first-order chi connectivity index (χ1) is 17.2. The van der Waals surface area contributed by atoms with Gasteiger partial charge in [0.1, 0.15) is 12.8 Å². The first-order valence-electron chi connectivity index (χ1n) is 11.0. The molecule has 2 unspecified atom stereocenters. The Bertz CT molecular complexity index is 1240. The van der Waals surface area contributed by atoms with E-state index >= 15 is 0 Å². The van der Waals surface area contributed by atoms with Gasteiger partial charge in [-0.25, -0.2) is 24.0 Å². The van der Waals surface area contributed by atoms with Crippen molar-refractivity contribution in [2.75, 3.05) is 11.9 Å². The van der Waals surface area contributed by atoms with Crippen molar-refractivity contribution in [2.24, 2.45) is 5.92 Å². The lowest BCUT2D eigenvalue weighted by molar-refractivity contribution is -0.122. The summed E-state index contributed by atoms with van der Waals surface area (Å²) in [5, 5.41) is 18.2. The van der Waals surface area contributed by atoms with Gasteiger partial charge in [0.15, 0.2) is 23.8 Å². The van der Waals surface area contributed by atoms with Crippen LogP contribution in [0.5, 0.6) is 0 Å². The Kier molecular flexibility index (Phi) is 9.31. The van der Waals surface area contributed by atoms with Crippen molar-refractivity contribution in [3.63, 3.8) is 0 Å². The summed E-state index contributed by atoms with van der Waals surface area (Å²) in [5.74, 6) is 0.577. The van der Waals surface area contributed by atoms with Gasteiger partial charge in [0.05, 0.1) is 29.8 Å². The quantitative estimate of drug-likeness (QED) is 0.127. The summed E-state index contributed by atoms with van der Waals surface area (Å²) < 4.78 is 21.4. The highest BCUT2D eigenvalue weighted by atomic mass is 127. The predicted molar refractivity (Wildman–Crippen MR) is 143 cm³/mol. The number of hydrogen-bond acceptors (Lipinski definition) is 8. The third-order valence-electron chi connectivity index (χ3n) is 5.94. The molecule has 2 atom stereocenters. The summed E-state index contributed by atoms with van der Waals surface area (Å²) in [5.41, 5.74) is 4.09. The number of nitrogens with one attached hydrogen (secondary N) is 2. The Balaban J connectivity index is 1.67. The second kappa shape index (κ2) is 12.6. The molecule has 3 aromatic rings. The fraction of sp³-hybridized carbons (Fsp3) is 0.381. The van der Waals surface area contributed by atoms with E-state index in [9.17, 15) is 13.9 Å². The van der Waals surface area contributed by atoms with E-state index in [0.29, 0.717) is 47.0 Å². The molecule has 1 amide bonds. The lowest BCUT2D eigenvalue weighted by atomic mass is 9.96. The van der Waals surface area contributed by atoms with Gasteiger partial charge >= 0.3 is 0 Å². The number of hydroxylamine groups is 1. The molecule has 3 heterocycles. The Morgan fingerprint density at radius 3 is 3.03 bits per heavy atom. The third-order valence-corrected chi connectivity index (χ3v) is 7.22. The van der Waals surface area contributed by atoms with Gasteiger partial charge in [-0.1, -0.05) is 18.9 Å². The lowest BCUT2D eigenvalue weighted by Gasteiger charge is -2.21. The SMILES string of the molecule is N#CCC(C1CCCC1)n1cc(-c2ncnc3c2ccn3SF)c(NC/C=C/C(=O)NOPI)n1. The molecule has 10 nitrogen and oxygen atoms in total. The van der Waals surface area contributed by atoms with Crippen molar-refractivity contribution in [1.82, 2.24) is 29.2 Å². The van der Waals surface area contributed by atoms with Gasteiger partial charge in [-0.2, -0.15) is 10.4 Å². The molecule has 3 aromatic heterocycles. The number of carbonyl (C=O) groups is 1. The van der Waals surface area contributed by atoms with Gasteiger partial charge in [-0.3, -0.25) is 9.48 Å². The summed E-state index contributed by atoms with van der Waals surface area (Å²) in [7, 11) is 0. The number of amides is 1. The molecule has 1 aliphatic rings. The van der Waals surface area contributed by atoms with E-state index in [4.69, 9.17) is 9.72 Å². The normalized spacial score (nSPS) is 15.3. The zero-order valence-corrected chi connectivity index (χ0v) is 22.5. The zero-order valence-electron chi connectivity index (χ0n) is 18.5. The van der Waals surface area contributed by atoms with Crippen LogP contribution in [0.25, 0.3) is 22.3 Å². The summed E-state index contributed by atoms with van der Waals surface area (Å²) >= 11 is 2.08. The summed E-state index contributed by atoms with van der Waals surface area (Å²) in [6, 6.07) is 4.03. The topological polar surface area (TPSA) is 123 Å². The standard InChI is InChI=1S/C21H23FIN8O2PS/c22-35-31-11-8-15-19(26-13-27-21(15)31)16-12-30(17(7-9-24)14-4-1-2-5-14)28-20(16)25-10-3-6-18(32)29-33-34-23/h3,6,8,11-14,17,34H,1-2,4-5,7,10H2,(H,25,28)(H,29,32)/b6-3+. The molecule has 0 aromatic carbocycles. The minimum Gasteiger partial charge on any atom is -0.365 e. The number of rotatable bonds is 11. The van der Waals surface area contributed by atoms with E-state index in [0.717, 1.165) is 25.7 Å². The fourth-order valence-corrected chi connectivity index (χ4v) is 5.19. The van der Waals surface area contributed by atoms with Crippen LogP contribution in [0.1, 0.15) is 38.1 Å². The molecular formula is C21H23FIN8O2PS. The van der Waals surface area contributed by atoms with Crippen molar-refractivity contribution in [1.29, 1.82) is 5.26 Å². The van der Waals surface area contributed by atoms with Crippen LogP contribution in [0, 0.1) is 17.2 Å². The minimum absolute atomic E-state index is 0.0484. The van der Waals surface area contributed by atoms with E-state index in [2.05, 4.69) is 26.8 Å². The molecular weight excluding hydrogens is 605 g/mol. The number of fused-ring (bicyclic) bond motifs is 1. The zero-order chi connectivity index (χ0) is 24.6. The van der Waals surface area contributed by atoms with Crippen molar-refractivity contribution < 1.29 is 13.3 Å². The number of nitrogens with zero attached hydrogens (tertiary/aromatic N) is 6. The van der Waals surface area contributed by atoms with Crippen molar-refractivity contribution in [2.45, 2.75) is 38.1 Å². The summed E-state index contributed by atoms with van der Waals surface area (Å²) in [4.78, 5) is 20.4. The highest BCUT2D eigenvalue weighted by Crippen LogP contribution is 2.39. The molecule has 1 fully saturated rings. The van der Waals surface area contributed by atoms with Crippen LogP contribution in [0.4, 0.5) is 9.70 Å². The smallest absolute Gasteiger partial charge is 0.267 e. The maximum atomic E-state index is 13.3. The lowest BCUT2D eigenvalue weighted by Crippen LogP contribution is -2.18. The molecule has 184 valence electrons. The van der Waals surface area contributed by atoms with Crippen molar-refractivity contribution in [3.05, 3.63) is 36.9 Å². The second-order valence-electron chi connectivity index (χ2n) is 7.94. The number of anilines is 1. The van der Waals surface area contributed by atoms with E-state index < -0.39 is 0 Å². The Morgan fingerprint density at radius 2 is 2.29 bits per heavy atom. The maximum Gasteiger partial charge on any atom is 0.267 e. The average molecular weight is 628 g/mol. The van der Waals surface area contributed by atoms with Gasteiger partial charge in [-0.05, 0) is 46.9 Å². The van der Waals surface area contributed by atoms with Crippen LogP contribution < -0.4 is 10.8 Å². The highest BCUT2D eigenvalue weighted by Gasteiger charge is 2.28. The van der Waals surface area contributed by atoms with Gasteiger partial charge in [0.25, 0.3) is 5.91 Å². The summed E-state index contributed by atoms with van der Waals surface area (Å²) in [6.45, 7) is 0.450. The van der Waals surface area contributed by atoms with E-state index in [1.807, 2.05) is 32.9 Å². The van der Waals surface area contributed by atoms with Gasteiger partial charge < -0.3 is 5.32 Å². The molecule has 0 radical (unpaired) electrons. The summed E-state index contributed by atoms with van der Waals surface area (Å²) in [6.07, 6.45) is 12.7. The van der Waals surface area contributed by atoms with Crippen LogP contribution in [0.2, 0.25) is 0 Å². The molecule has 0 aliphatic heterocycles. The van der Waals surface area contributed by atoms with E-state index in [-0.39, 0.29) is 30.7 Å². The van der Waals surface area contributed by atoms with Crippen LogP contribution in [0.15, 0.2) is 36.9 Å². The molecule has 2 N–H and O–H groups in total. The van der Waals surface area contributed by atoms with Gasteiger partial charge in [-0.15, -0.1) is 3.89 Å². The number of halogens is 2. The maximum absolute atomic E-state index is 13.3. The highest BCUT2D eigenvalue weighted by molar-refractivity contribution is 14.2. The Morgan fingerprint density at radius 1 is 1.46 bits per heavy atom. The monoisotopic (exact) mass is 628 g/mol. The molecule has 4 rings (SSSR count). The molecule has 0 saturated heterocycles. The third kappa shape index (κ3) is 6.11. The second-order valence-corrected chi connectivity index (χ2v) is 10.2. The molecule has 35 heavy (non-hydrogen) atoms. The average Bonchev–Trinajstić information content (AvgIpc) is 3.63. The molecule has 0 spiro atoms. The fourth-order valence-electron chi connectivity index (χ4n) is 4.40. The molecule has 1 aliphatic carbocycles. The van der Waals surface area contributed by atoms with Crippen LogP contribution in [0.3, 0.4) is 0 Å². The molecule has 0 bridgehead atoms. The van der Waals surface area contributed by atoms with Crippen molar-refractivity contribution in [3.8, 4) is 17.3 Å². The minimum atomic E-state index is -0.361. The largest absolute Gasteiger partial charge is 0.365 e. The van der Waals surface area contributed by atoms with E-state index in [1.54, 1.807) is 18.3 Å². The molecule has 1 saturated carbocycles. The Labute approximate surface area is 220 Å². The number of nitriles is 1. The Hall–Kier alpha value is -2.27. The number of hydrogen-bond donors (Lipinski definition) is 2. The van der Waals surface area contributed by atoms with Gasteiger partial charge in [0.2, 0.25) is 0 Å². The van der Waals surface area contributed by atoms with Crippen LogP contribution in [-0.4, -0.2) is 36.2 Å². The van der Waals surface area contributed by atoms with Crippen LogP contribution >= 0.6 is 40.8 Å². The first-order valence-corrected chi connectivity index (χ1v) is 15.6. The molecule has 14 heteroatoms. The van der Waals surface area contributed by atoms with Gasteiger partial charge in [0, 0.05) is 30.4 Å².